The third kappa shape index (κ3) is 7.28. The number of esters is 1. The second kappa shape index (κ2) is 12.1. The molecular formula is C23H32O5. The number of carbonyl (C=O) groups is 1. The normalized spacial score (nSPS) is 13.1. The maximum atomic E-state index is 13.0. The zero-order valence-electron chi connectivity index (χ0n) is 17.6. The van der Waals surface area contributed by atoms with Gasteiger partial charge in [-0.1, -0.05) is 44.1 Å². The van der Waals surface area contributed by atoms with Crippen LogP contribution in [0.2, 0.25) is 0 Å². The van der Waals surface area contributed by atoms with Crippen LogP contribution in [0.15, 0.2) is 29.8 Å². The Labute approximate surface area is 168 Å². The summed E-state index contributed by atoms with van der Waals surface area (Å²) in [5.74, 6) is 6.31. The molecule has 0 amide bonds. The van der Waals surface area contributed by atoms with Crippen molar-refractivity contribution in [2.45, 2.75) is 58.5 Å². The van der Waals surface area contributed by atoms with Crippen molar-refractivity contribution in [3.05, 3.63) is 35.4 Å². The topological polar surface area (TPSA) is 65.0 Å². The van der Waals surface area contributed by atoms with Crippen LogP contribution in [-0.4, -0.2) is 37.5 Å². The van der Waals surface area contributed by atoms with Gasteiger partial charge in [0, 0.05) is 0 Å². The first-order valence-corrected chi connectivity index (χ1v) is 9.65. The molecule has 1 aromatic carbocycles. The fourth-order valence-electron chi connectivity index (χ4n) is 2.75. The van der Waals surface area contributed by atoms with Gasteiger partial charge in [-0.05, 0) is 50.5 Å². The molecule has 0 saturated heterocycles. The Balaban J connectivity index is 3.15. The molecule has 1 atom stereocenters. The molecule has 28 heavy (non-hydrogen) atoms. The maximum absolute atomic E-state index is 13.0. The van der Waals surface area contributed by atoms with Crippen molar-refractivity contribution in [2.75, 3.05) is 20.8 Å². The number of hydrogen-bond acceptors (Lipinski definition) is 5. The number of carbonyl (C=O) groups excluding carboxylic acids is 1. The Morgan fingerprint density at radius 2 is 1.82 bits per heavy atom. The largest absolute Gasteiger partial charge is 0.496 e. The van der Waals surface area contributed by atoms with E-state index in [9.17, 15) is 4.79 Å². The minimum atomic E-state index is -0.957. The van der Waals surface area contributed by atoms with Gasteiger partial charge in [0.2, 0.25) is 0 Å². The van der Waals surface area contributed by atoms with Crippen LogP contribution < -0.4 is 9.47 Å². The van der Waals surface area contributed by atoms with E-state index in [1.165, 1.54) is 14.2 Å². The Morgan fingerprint density at radius 1 is 1.18 bits per heavy atom. The average Bonchev–Trinajstić information content (AvgIpc) is 2.69. The van der Waals surface area contributed by atoms with Gasteiger partial charge in [-0.15, -0.1) is 0 Å². The summed E-state index contributed by atoms with van der Waals surface area (Å²) in [6.07, 6.45) is 6.44. The summed E-state index contributed by atoms with van der Waals surface area (Å²) >= 11 is 0. The van der Waals surface area contributed by atoms with Gasteiger partial charge in [-0.2, -0.15) is 0 Å². The lowest BCUT2D eigenvalue weighted by Crippen LogP contribution is -2.30. The number of aliphatic hydroxyl groups excluding tert-OH is 1. The van der Waals surface area contributed by atoms with E-state index in [1.807, 2.05) is 13.8 Å². The van der Waals surface area contributed by atoms with Crippen LogP contribution in [0.5, 0.6) is 11.5 Å². The molecule has 0 aliphatic rings. The predicted octanol–water partition coefficient (Wildman–Crippen LogP) is 4.53. The molecule has 1 unspecified atom stereocenters. The van der Waals surface area contributed by atoms with Crippen molar-refractivity contribution in [1.82, 2.24) is 0 Å². The number of aliphatic hydroxyl groups is 1. The summed E-state index contributed by atoms with van der Waals surface area (Å²) in [6.45, 7) is 5.70. The van der Waals surface area contributed by atoms with Crippen LogP contribution in [0.25, 0.3) is 0 Å². The smallest absolute Gasteiger partial charge is 0.347 e. The van der Waals surface area contributed by atoms with Gasteiger partial charge >= 0.3 is 5.97 Å². The van der Waals surface area contributed by atoms with Crippen molar-refractivity contribution >= 4 is 5.97 Å². The SMILES string of the molecule is CCCCCCC(C)(C#C/C(C)=C\CO)OC(=O)c1c(OC)cccc1OC. The Bertz CT molecular complexity index is 704. The van der Waals surface area contributed by atoms with Crippen molar-refractivity contribution < 1.29 is 24.1 Å². The zero-order chi connectivity index (χ0) is 21.0. The highest BCUT2D eigenvalue weighted by atomic mass is 16.6. The Hall–Kier alpha value is -2.45. The molecule has 5 heteroatoms. The van der Waals surface area contributed by atoms with E-state index >= 15 is 0 Å². The Morgan fingerprint density at radius 3 is 2.36 bits per heavy atom. The number of unbranched alkanes of at least 4 members (excludes halogenated alkanes) is 3. The van der Waals surface area contributed by atoms with Gasteiger partial charge in [0.1, 0.15) is 17.1 Å². The quantitative estimate of drug-likeness (QED) is 0.362. The van der Waals surface area contributed by atoms with Crippen LogP contribution in [0, 0.1) is 11.8 Å². The number of ether oxygens (including phenoxy) is 3. The number of methoxy groups -OCH3 is 2. The van der Waals surface area contributed by atoms with Crippen LogP contribution in [0.4, 0.5) is 0 Å². The van der Waals surface area contributed by atoms with Crippen molar-refractivity contribution in [3.63, 3.8) is 0 Å². The van der Waals surface area contributed by atoms with Gasteiger partial charge in [0.25, 0.3) is 0 Å². The van der Waals surface area contributed by atoms with Gasteiger partial charge in [0.05, 0.1) is 20.8 Å². The van der Waals surface area contributed by atoms with Gasteiger partial charge < -0.3 is 19.3 Å². The predicted molar refractivity (Wildman–Crippen MR) is 111 cm³/mol. The fraction of sp³-hybridized carbons (Fsp3) is 0.522. The first-order chi connectivity index (χ1) is 13.4. The highest BCUT2D eigenvalue weighted by molar-refractivity contribution is 5.96. The molecule has 0 bridgehead atoms. The summed E-state index contributed by atoms with van der Waals surface area (Å²) < 4.78 is 16.5. The summed E-state index contributed by atoms with van der Waals surface area (Å²) in [5, 5.41) is 9.02. The van der Waals surface area contributed by atoms with E-state index in [4.69, 9.17) is 19.3 Å². The first-order valence-electron chi connectivity index (χ1n) is 9.65. The molecule has 1 aromatic rings. The van der Waals surface area contributed by atoms with Crippen molar-refractivity contribution in [2.24, 2.45) is 0 Å². The number of rotatable bonds is 10. The Kier molecular flexibility index (Phi) is 10.2. The summed E-state index contributed by atoms with van der Waals surface area (Å²) in [7, 11) is 3.00. The van der Waals surface area contributed by atoms with E-state index in [0.717, 1.165) is 31.3 Å². The molecule has 154 valence electrons. The molecular weight excluding hydrogens is 356 g/mol. The first kappa shape index (κ1) is 23.6. The third-order valence-corrected chi connectivity index (χ3v) is 4.38. The monoisotopic (exact) mass is 388 g/mol. The van der Waals surface area contributed by atoms with Gasteiger partial charge in [-0.25, -0.2) is 4.79 Å². The molecule has 0 spiro atoms. The lowest BCUT2D eigenvalue weighted by atomic mass is 9.97. The number of allylic oxidation sites excluding steroid dienone is 1. The highest BCUT2D eigenvalue weighted by Gasteiger charge is 2.30. The molecule has 0 aromatic heterocycles. The minimum Gasteiger partial charge on any atom is -0.496 e. The molecule has 1 rings (SSSR count). The molecule has 0 fully saturated rings. The van der Waals surface area contributed by atoms with Gasteiger partial charge in [-0.3, -0.25) is 0 Å². The van der Waals surface area contributed by atoms with Gasteiger partial charge in [0.15, 0.2) is 5.60 Å². The van der Waals surface area contributed by atoms with E-state index < -0.39 is 11.6 Å². The van der Waals surface area contributed by atoms with Crippen LogP contribution in [0.1, 0.15) is 63.2 Å². The third-order valence-electron chi connectivity index (χ3n) is 4.38. The highest BCUT2D eigenvalue weighted by Crippen LogP contribution is 2.31. The lowest BCUT2D eigenvalue weighted by molar-refractivity contribution is 0.0101. The standard InChI is InChI=1S/C23H32O5/c1-6-7-8-9-15-23(3,16-13-18(2)14-17-24)28-22(25)21-19(26-4)11-10-12-20(21)27-5/h10-12,14,24H,6-9,15,17H2,1-5H3/b18-14-. The number of hydrogen-bond donors (Lipinski definition) is 1. The van der Waals surface area contributed by atoms with E-state index in [2.05, 4.69) is 18.8 Å². The number of benzene rings is 1. The van der Waals surface area contributed by atoms with Crippen molar-refractivity contribution in [3.8, 4) is 23.3 Å². The summed E-state index contributed by atoms with van der Waals surface area (Å²) in [5.41, 5.74) is 0.0197. The van der Waals surface area contributed by atoms with E-state index in [-0.39, 0.29) is 12.2 Å². The maximum Gasteiger partial charge on any atom is 0.347 e. The zero-order valence-corrected chi connectivity index (χ0v) is 17.6. The second-order valence-electron chi connectivity index (χ2n) is 6.79. The fourth-order valence-corrected chi connectivity index (χ4v) is 2.75. The van der Waals surface area contributed by atoms with Crippen molar-refractivity contribution in [1.29, 1.82) is 0 Å². The lowest BCUT2D eigenvalue weighted by Gasteiger charge is -2.25. The summed E-state index contributed by atoms with van der Waals surface area (Å²) in [6, 6.07) is 5.14. The minimum absolute atomic E-state index is 0.0775. The van der Waals surface area contributed by atoms with Crippen LogP contribution in [0.3, 0.4) is 0 Å². The molecule has 0 aliphatic heterocycles. The molecule has 0 saturated carbocycles. The molecule has 5 nitrogen and oxygen atoms in total. The second-order valence-corrected chi connectivity index (χ2v) is 6.79. The molecule has 0 aliphatic carbocycles. The molecule has 0 heterocycles. The van der Waals surface area contributed by atoms with E-state index in [1.54, 1.807) is 24.3 Å². The van der Waals surface area contributed by atoms with Crippen LogP contribution >= 0.6 is 0 Å². The molecule has 1 N–H and O–H groups in total. The average molecular weight is 389 g/mol. The van der Waals surface area contributed by atoms with E-state index in [0.29, 0.717) is 17.9 Å². The summed E-state index contributed by atoms with van der Waals surface area (Å²) in [4.78, 5) is 13.0. The van der Waals surface area contributed by atoms with Crippen LogP contribution in [-0.2, 0) is 4.74 Å². The molecule has 0 radical (unpaired) electrons.